The zero-order valence-electron chi connectivity index (χ0n) is 8.49. The van der Waals surface area contributed by atoms with Crippen LogP contribution in [0.2, 0.25) is 0 Å². The van der Waals surface area contributed by atoms with Gasteiger partial charge in [-0.3, -0.25) is 0 Å². The van der Waals surface area contributed by atoms with Crippen LogP contribution in [-0.4, -0.2) is 22.4 Å². The molecule has 1 rings (SSSR count). The molecule has 0 saturated carbocycles. The molecule has 0 fully saturated rings. The van der Waals surface area contributed by atoms with Crippen molar-refractivity contribution in [2.75, 3.05) is 0 Å². The molecule has 0 atom stereocenters. The number of rotatable bonds is 3. The number of aryl methyl sites for hydroxylation is 1. The summed E-state index contributed by atoms with van der Waals surface area (Å²) >= 11 is 11.0. The van der Waals surface area contributed by atoms with Gasteiger partial charge in [0.1, 0.15) is 5.03 Å². The first-order valence-electron chi connectivity index (χ1n) is 4.19. The number of aromatic nitrogens is 1. The zero-order chi connectivity index (χ0) is 12.3. The molecule has 0 radical (unpaired) electrons. The van der Waals surface area contributed by atoms with Gasteiger partial charge in [-0.25, -0.2) is 9.79 Å². The highest BCUT2D eigenvalue weighted by Crippen LogP contribution is 2.21. The highest BCUT2D eigenvalue weighted by Gasteiger charge is 2.09. The van der Waals surface area contributed by atoms with Crippen molar-refractivity contribution in [3.63, 3.8) is 0 Å². The van der Waals surface area contributed by atoms with Crippen molar-refractivity contribution in [2.45, 2.75) is 13.8 Å². The van der Waals surface area contributed by atoms with Crippen LogP contribution in [-0.2, 0) is 4.79 Å². The van der Waals surface area contributed by atoms with E-state index in [1.807, 2.05) is 0 Å². The summed E-state index contributed by atoms with van der Waals surface area (Å²) in [5, 5.41) is 11.5. The molecule has 1 aromatic heterocycles. The number of carboxylic acids is 1. The van der Waals surface area contributed by atoms with Crippen LogP contribution < -0.4 is 0 Å². The summed E-state index contributed by atoms with van der Waals surface area (Å²) in [5.74, 6) is -1.05. The van der Waals surface area contributed by atoms with Crippen LogP contribution in [0.4, 0.5) is 5.88 Å². The molecule has 0 aliphatic heterocycles. The van der Waals surface area contributed by atoms with E-state index in [0.717, 1.165) is 11.8 Å². The largest absolute Gasteiger partial charge is 0.477 e. The van der Waals surface area contributed by atoms with E-state index in [0.29, 0.717) is 5.69 Å². The molecular weight excluding hydrogens is 255 g/mol. The van der Waals surface area contributed by atoms with Crippen LogP contribution in [0.5, 0.6) is 0 Å². The maximum absolute atomic E-state index is 10.5. The van der Waals surface area contributed by atoms with Gasteiger partial charge < -0.3 is 9.63 Å². The number of carboxylic acid groups (broad SMARTS) is 1. The SMILES string of the molecule is Cc1noc(/N=C/C(Cl)=C(\Cl)C(=O)O)c1C. The monoisotopic (exact) mass is 262 g/mol. The van der Waals surface area contributed by atoms with Gasteiger partial charge in [0.25, 0.3) is 5.88 Å². The Morgan fingerprint density at radius 1 is 1.50 bits per heavy atom. The lowest BCUT2D eigenvalue weighted by Crippen LogP contribution is -1.96. The minimum atomic E-state index is -1.32. The van der Waals surface area contributed by atoms with Crippen molar-refractivity contribution in [1.29, 1.82) is 0 Å². The van der Waals surface area contributed by atoms with Gasteiger partial charge in [0.05, 0.1) is 16.9 Å². The van der Waals surface area contributed by atoms with E-state index >= 15 is 0 Å². The smallest absolute Gasteiger partial charge is 0.348 e. The van der Waals surface area contributed by atoms with Crippen molar-refractivity contribution in [2.24, 2.45) is 4.99 Å². The molecule has 0 unspecified atom stereocenters. The topological polar surface area (TPSA) is 75.7 Å². The van der Waals surface area contributed by atoms with E-state index in [4.69, 9.17) is 32.8 Å². The summed E-state index contributed by atoms with van der Waals surface area (Å²) in [4.78, 5) is 14.3. The van der Waals surface area contributed by atoms with E-state index in [-0.39, 0.29) is 10.9 Å². The number of aliphatic imine (C=N–C) groups is 1. The summed E-state index contributed by atoms with van der Waals surface area (Å²) < 4.78 is 4.87. The molecule has 1 aromatic rings. The minimum Gasteiger partial charge on any atom is -0.477 e. The van der Waals surface area contributed by atoms with Gasteiger partial charge in [-0.05, 0) is 13.8 Å². The fourth-order valence-electron chi connectivity index (χ4n) is 0.798. The third-order valence-electron chi connectivity index (χ3n) is 1.83. The highest BCUT2D eigenvalue weighted by molar-refractivity contribution is 6.51. The van der Waals surface area contributed by atoms with Crippen molar-refractivity contribution >= 4 is 41.3 Å². The third-order valence-corrected chi connectivity index (χ3v) is 2.57. The van der Waals surface area contributed by atoms with Gasteiger partial charge in [-0.2, -0.15) is 0 Å². The van der Waals surface area contributed by atoms with Gasteiger partial charge in [0.15, 0.2) is 0 Å². The van der Waals surface area contributed by atoms with E-state index < -0.39 is 11.0 Å². The second-order valence-corrected chi connectivity index (χ2v) is 3.71. The quantitative estimate of drug-likeness (QED) is 0.672. The fourth-order valence-corrected chi connectivity index (χ4v) is 0.976. The molecule has 1 N–H and O–H groups in total. The van der Waals surface area contributed by atoms with Gasteiger partial charge in [-0.15, -0.1) is 0 Å². The first-order chi connectivity index (χ1) is 7.43. The second-order valence-electron chi connectivity index (χ2n) is 2.92. The van der Waals surface area contributed by atoms with Crippen LogP contribution in [0.3, 0.4) is 0 Å². The van der Waals surface area contributed by atoms with Crippen molar-refractivity contribution in [3.8, 4) is 0 Å². The summed E-state index contributed by atoms with van der Waals surface area (Å²) in [6, 6.07) is 0. The lowest BCUT2D eigenvalue weighted by atomic mass is 10.3. The van der Waals surface area contributed by atoms with Gasteiger partial charge in [0.2, 0.25) is 0 Å². The Kier molecular flexibility index (Phi) is 4.09. The molecule has 0 aliphatic carbocycles. The Labute approximate surface area is 101 Å². The lowest BCUT2D eigenvalue weighted by Gasteiger charge is -1.91. The number of aliphatic carboxylic acids is 1. The Morgan fingerprint density at radius 2 is 2.12 bits per heavy atom. The number of halogens is 2. The van der Waals surface area contributed by atoms with Gasteiger partial charge in [-0.1, -0.05) is 28.4 Å². The average molecular weight is 263 g/mol. The summed E-state index contributed by atoms with van der Waals surface area (Å²) in [5.41, 5.74) is 1.46. The van der Waals surface area contributed by atoms with E-state index in [9.17, 15) is 4.79 Å². The van der Waals surface area contributed by atoms with Gasteiger partial charge in [0, 0.05) is 5.56 Å². The Morgan fingerprint density at radius 3 is 2.56 bits per heavy atom. The van der Waals surface area contributed by atoms with E-state index in [1.54, 1.807) is 13.8 Å². The second kappa shape index (κ2) is 5.14. The van der Waals surface area contributed by atoms with E-state index in [2.05, 4.69) is 10.1 Å². The number of hydrogen-bond donors (Lipinski definition) is 1. The molecule has 7 heteroatoms. The molecule has 0 aromatic carbocycles. The Balaban J connectivity index is 2.94. The summed E-state index contributed by atoms with van der Waals surface area (Å²) in [6.45, 7) is 3.54. The molecule has 0 bridgehead atoms. The van der Waals surface area contributed by atoms with Crippen LogP contribution in [0, 0.1) is 13.8 Å². The zero-order valence-corrected chi connectivity index (χ0v) is 10.0. The molecule has 5 nitrogen and oxygen atoms in total. The van der Waals surface area contributed by atoms with Crippen LogP contribution >= 0.6 is 23.2 Å². The van der Waals surface area contributed by atoms with Crippen LogP contribution in [0.1, 0.15) is 11.3 Å². The molecular formula is C9H8Cl2N2O3. The fraction of sp³-hybridized carbons (Fsp3) is 0.222. The third kappa shape index (κ3) is 2.84. The molecule has 86 valence electrons. The Hall–Kier alpha value is -1.33. The van der Waals surface area contributed by atoms with Crippen LogP contribution in [0.25, 0.3) is 0 Å². The highest BCUT2D eigenvalue weighted by atomic mass is 35.5. The van der Waals surface area contributed by atoms with Gasteiger partial charge >= 0.3 is 5.97 Å². The first kappa shape index (κ1) is 12.7. The van der Waals surface area contributed by atoms with Crippen molar-refractivity contribution in [3.05, 3.63) is 21.3 Å². The number of nitrogens with zero attached hydrogens (tertiary/aromatic N) is 2. The minimum absolute atomic E-state index is 0.178. The number of carbonyl (C=O) groups is 1. The lowest BCUT2D eigenvalue weighted by molar-refractivity contribution is -0.131. The number of allylic oxidation sites excluding steroid dienone is 1. The molecule has 0 spiro atoms. The molecule has 16 heavy (non-hydrogen) atoms. The van der Waals surface area contributed by atoms with Crippen LogP contribution in [0.15, 0.2) is 19.6 Å². The predicted octanol–water partition coefficient (Wildman–Crippen LogP) is 2.77. The van der Waals surface area contributed by atoms with E-state index in [1.165, 1.54) is 0 Å². The summed E-state index contributed by atoms with van der Waals surface area (Å²) in [7, 11) is 0. The standard InChI is InChI=1S/C9H8Cl2N2O3/c1-4-5(2)13-16-8(4)12-3-6(10)7(11)9(14)15/h3H,1-2H3,(H,14,15)/b7-6+,12-3+. The predicted molar refractivity (Wildman–Crippen MR) is 60.5 cm³/mol. The first-order valence-corrected chi connectivity index (χ1v) is 4.94. The molecule has 0 saturated heterocycles. The molecule has 0 amide bonds. The maximum atomic E-state index is 10.5. The van der Waals surface area contributed by atoms with Crippen molar-refractivity contribution < 1.29 is 14.4 Å². The average Bonchev–Trinajstić information content (AvgIpc) is 2.55. The maximum Gasteiger partial charge on any atom is 0.348 e. The normalized spacial score (nSPS) is 13.0. The summed E-state index contributed by atoms with van der Waals surface area (Å²) in [6.07, 6.45) is 1.10. The van der Waals surface area contributed by atoms with Crippen molar-refractivity contribution in [1.82, 2.24) is 5.16 Å². The number of hydrogen-bond acceptors (Lipinski definition) is 4. The Bertz CT molecular complexity index is 477. The molecule has 1 heterocycles. The molecule has 0 aliphatic rings.